The standard InChI is InChI=1S/C11H11F3O3/c1-11(2,3)17-10(15)16-6-4-7(12)9(14)8(13)5-6/h4-5H,1-3H3. The Morgan fingerprint density at radius 3 is 2.00 bits per heavy atom. The van der Waals surface area contributed by atoms with Gasteiger partial charge in [-0.25, -0.2) is 18.0 Å². The lowest BCUT2D eigenvalue weighted by atomic mass is 10.2. The molecule has 0 spiro atoms. The number of hydrogen-bond donors (Lipinski definition) is 0. The quantitative estimate of drug-likeness (QED) is 0.434. The molecule has 0 saturated carbocycles. The smallest absolute Gasteiger partial charge is 0.428 e. The monoisotopic (exact) mass is 248 g/mol. The molecule has 0 heterocycles. The van der Waals surface area contributed by atoms with Crippen LogP contribution in [0.1, 0.15) is 20.8 Å². The molecule has 0 atom stereocenters. The summed E-state index contributed by atoms with van der Waals surface area (Å²) in [6, 6.07) is 1.12. The number of rotatable bonds is 1. The molecule has 0 aliphatic heterocycles. The number of hydrogen-bond acceptors (Lipinski definition) is 3. The number of benzene rings is 1. The average Bonchev–Trinajstić information content (AvgIpc) is 2.10. The molecular formula is C11H11F3O3. The number of ether oxygens (including phenoxy) is 2. The summed E-state index contributed by atoms with van der Waals surface area (Å²) in [7, 11) is 0. The minimum absolute atomic E-state index is 0.462. The van der Waals surface area contributed by atoms with Gasteiger partial charge < -0.3 is 9.47 Å². The van der Waals surface area contributed by atoms with Gasteiger partial charge in [0.2, 0.25) is 0 Å². The third kappa shape index (κ3) is 3.97. The summed E-state index contributed by atoms with van der Waals surface area (Å²) in [5, 5.41) is 0. The first-order chi connectivity index (χ1) is 7.69. The van der Waals surface area contributed by atoms with Crippen molar-refractivity contribution in [1.82, 2.24) is 0 Å². The molecule has 0 bridgehead atoms. The molecule has 6 heteroatoms. The van der Waals surface area contributed by atoms with E-state index < -0.39 is 35.0 Å². The van der Waals surface area contributed by atoms with Crippen molar-refractivity contribution in [3.8, 4) is 5.75 Å². The predicted molar refractivity (Wildman–Crippen MR) is 53.2 cm³/mol. The maximum Gasteiger partial charge on any atom is 0.514 e. The summed E-state index contributed by atoms with van der Waals surface area (Å²) in [4.78, 5) is 11.2. The normalized spacial score (nSPS) is 11.2. The zero-order valence-corrected chi connectivity index (χ0v) is 9.51. The van der Waals surface area contributed by atoms with E-state index in [4.69, 9.17) is 4.74 Å². The van der Waals surface area contributed by atoms with Crippen LogP contribution in [0.15, 0.2) is 12.1 Å². The summed E-state index contributed by atoms with van der Waals surface area (Å²) in [5.74, 6) is -4.97. The molecule has 3 nitrogen and oxygen atoms in total. The third-order valence-corrected chi connectivity index (χ3v) is 1.55. The van der Waals surface area contributed by atoms with Crippen molar-refractivity contribution in [2.45, 2.75) is 26.4 Å². The maximum absolute atomic E-state index is 12.8. The summed E-state index contributed by atoms with van der Waals surface area (Å²) in [5.41, 5.74) is -0.797. The van der Waals surface area contributed by atoms with Crippen LogP contribution in [0.5, 0.6) is 5.75 Å². The molecule has 0 N–H and O–H groups in total. The van der Waals surface area contributed by atoms with Crippen LogP contribution in [0.3, 0.4) is 0 Å². The third-order valence-electron chi connectivity index (χ3n) is 1.55. The highest BCUT2D eigenvalue weighted by Crippen LogP contribution is 2.20. The highest BCUT2D eigenvalue weighted by Gasteiger charge is 2.19. The van der Waals surface area contributed by atoms with E-state index in [1.807, 2.05) is 0 Å². The second kappa shape index (κ2) is 4.65. The van der Waals surface area contributed by atoms with Crippen LogP contribution < -0.4 is 4.74 Å². The predicted octanol–water partition coefficient (Wildman–Crippen LogP) is 3.42. The largest absolute Gasteiger partial charge is 0.514 e. The molecule has 0 aliphatic carbocycles. The summed E-state index contributed by atoms with van der Waals surface area (Å²) in [6.07, 6.45) is -1.12. The fraction of sp³-hybridized carbons (Fsp3) is 0.364. The maximum atomic E-state index is 12.8. The average molecular weight is 248 g/mol. The molecule has 0 fully saturated rings. The van der Waals surface area contributed by atoms with Crippen LogP contribution in [0.2, 0.25) is 0 Å². The first-order valence-corrected chi connectivity index (χ1v) is 4.74. The Labute approximate surface area is 96.1 Å². The Bertz CT molecular complexity index is 415. The van der Waals surface area contributed by atoms with Crippen LogP contribution in [-0.4, -0.2) is 11.8 Å². The lowest BCUT2D eigenvalue weighted by Gasteiger charge is -2.18. The second-order valence-electron chi connectivity index (χ2n) is 4.27. The van der Waals surface area contributed by atoms with Crippen LogP contribution in [0.25, 0.3) is 0 Å². The molecule has 0 radical (unpaired) electrons. The molecule has 0 aromatic heterocycles. The Hall–Kier alpha value is -1.72. The van der Waals surface area contributed by atoms with Gasteiger partial charge in [-0.15, -0.1) is 0 Å². The van der Waals surface area contributed by atoms with E-state index in [0.717, 1.165) is 0 Å². The van der Waals surface area contributed by atoms with E-state index in [1.54, 1.807) is 20.8 Å². The first kappa shape index (κ1) is 13.3. The van der Waals surface area contributed by atoms with Gasteiger partial charge in [-0.1, -0.05) is 0 Å². The lowest BCUT2D eigenvalue weighted by Crippen LogP contribution is -2.26. The van der Waals surface area contributed by atoms with Crippen molar-refractivity contribution in [2.24, 2.45) is 0 Å². The zero-order chi connectivity index (χ0) is 13.2. The second-order valence-corrected chi connectivity index (χ2v) is 4.27. The minimum atomic E-state index is -1.62. The van der Waals surface area contributed by atoms with Gasteiger partial charge in [-0.2, -0.15) is 0 Å². The van der Waals surface area contributed by atoms with E-state index in [2.05, 4.69) is 4.74 Å². The van der Waals surface area contributed by atoms with Crippen LogP contribution >= 0.6 is 0 Å². The van der Waals surface area contributed by atoms with Gasteiger partial charge in [-0.3, -0.25) is 0 Å². The summed E-state index contributed by atoms with van der Waals surface area (Å²) < 4.78 is 47.4. The van der Waals surface area contributed by atoms with Gasteiger partial charge in [0.15, 0.2) is 17.5 Å². The van der Waals surface area contributed by atoms with Gasteiger partial charge >= 0.3 is 6.16 Å². The van der Waals surface area contributed by atoms with Gasteiger partial charge in [0, 0.05) is 12.1 Å². The van der Waals surface area contributed by atoms with Gasteiger partial charge in [-0.05, 0) is 20.8 Å². The first-order valence-electron chi connectivity index (χ1n) is 4.74. The minimum Gasteiger partial charge on any atom is -0.428 e. The van der Waals surface area contributed by atoms with Crippen LogP contribution in [0.4, 0.5) is 18.0 Å². The van der Waals surface area contributed by atoms with Crippen molar-refractivity contribution in [3.63, 3.8) is 0 Å². The molecule has 0 saturated heterocycles. The van der Waals surface area contributed by atoms with Crippen molar-refractivity contribution in [3.05, 3.63) is 29.6 Å². The molecule has 1 aromatic rings. The fourth-order valence-electron chi connectivity index (χ4n) is 0.958. The summed E-state index contributed by atoms with van der Waals surface area (Å²) in [6.45, 7) is 4.79. The lowest BCUT2D eigenvalue weighted by molar-refractivity contribution is 0.0205. The van der Waals surface area contributed by atoms with E-state index >= 15 is 0 Å². The molecular weight excluding hydrogens is 237 g/mol. The van der Waals surface area contributed by atoms with Crippen LogP contribution in [-0.2, 0) is 4.74 Å². The Morgan fingerprint density at radius 2 is 1.59 bits per heavy atom. The number of carbonyl (C=O) groups is 1. The number of carbonyl (C=O) groups excluding carboxylic acids is 1. The van der Waals surface area contributed by atoms with Gasteiger partial charge in [0.25, 0.3) is 0 Å². The van der Waals surface area contributed by atoms with E-state index in [9.17, 15) is 18.0 Å². The van der Waals surface area contributed by atoms with Crippen molar-refractivity contribution in [1.29, 1.82) is 0 Å². The van der Waals surface area contributed by atoms with E-state index in [1.165, 1.54) is 0 Å². The molecule has 1 rings (SSSR count). The molecule has 17 heavy (non-hydrogen) atoms. The SMILES string of the molecule is CC(C)(C)OC(=O)Oc1cc(F)c(F)c(F)c1. The zero-order valence-electron chi connectivity index (χ0n) is 9.51. The molecule has 0 unspecified atom stereocenters. The number of halogens is 3. The highest BCUT2D eigenvalue weighted by molar-refractivity contribution is 5.64. The van der Waals surface area contributed by atoms with Crippen molar-refractivity contribution >= 4 is 6.16 Å². The topological polar surface area (TPSA) is 35.5 Å². The van der Waals surface area contributed by atoms with E-state index in [0.29, 0.717) is 12.1 Å². The van der Waals surface area contributed by atoms with E-state index in [-0.39, 0.29) is 0 Å². The Morgan fingerprint density at radius 1 is 1.12 bits per heavy atom. The Balaban J connectivity index is 2.79. The fourth-order valence-corrected chi connectivity index (χ4v) is 0.958. The molecule has 0 amide bonds. The highest BCUT2D eigenvalue weighted by atomic mass is 19.2. The molecule has 0 aliphatic rings. The molecule has 94 valence electrons. The van der Waals surface area contributed by atoms with Gasteiger partial charge in [0.1, 0.15) is 11.4 Å². The van der Waals surface area contributed by atoms with Crippen LogP contribution in [0, 0.1) is 17.5 Å². The molecule has 1 aromatic carbocycles. The van der Waals surface area contributed by atoms with Crippen molar-refractivity contribution < 1.29 is 27.4 Å². The Kier molecular flexibility index (Phi) is 3.65. The van der Waals surface area contributed by atoms with Crippen molar-refractivity contribution in [2.75, 3.05) is 0 Å². The summed E-state index contributed by atoms with van der Waals surface area (Å²) >= 11 is 0. The van der Waals surface area contributed by atoms with Gasteiger partial charge in [0.05, 0.1) is 0 Å².